The Morgan fingerprint density at radius 1 is 1.08 bits per heavy atom. The molecular formula is C29H28ClF4NO2S. The van der Waals surface area contributed by atoms with E-state index in [0.29, 0.717) is 22.3 Å². The number of rotatable bonds is 6. The number of alkyl halides is 3. The molecule has 1 amide bonds. The lowest BCUT2D eigenvalue weighted by Gasteiger charge is -2.24. The predicted molar refractivity (Wildman–Crippen MR) is 143 cm³/mol. The van der Waals surface area contributed by atoms with Gasteiger partial charge in [0, 0.05) is 10.5 Å². The normalized spacial score (nSPS) is 17.9. The largest absolute Gasteiger partial charge is 0.439 e. The topological polar surface area (TPSA) is 29.5 Å². The Kier molecular flexibility index (Phi) is 8.05. The molecule has 9 heteroatoms. The van der Waals surface area contributed by atoms with Gasteiger partial charge in [-0.25, -0.2) is 9.18 Å². The summed E-state index contributed by atoms with van der Waals surface area (Å²) in [6.45, 7) is 7.26. The fraction of sp³-hybridized carbons (Fsp3) is 0.345. The smallest absolute Gasteiger partial charge is 0.416 e. The van der Waals surface area contributed by atoms with E-state index in [1.165, 1.54) is 22.7 Å². The summed E-state index contributed by atoms with van der Waals surface area (Å²) in [6, 6.07) is 12.0. The van der Waals surface area contributed by atoms with Crippen molar-refractivity contribution in [2.45, 2.75) is 63.4 Å². The Morgan fingerprint density at radius 3 is 2.42 bits per heavy atom. The van der Waals surface area contributed by atoms with Crippen molar-refractivity contribution in [3.8, 4) is 11.1 Å². The van der Waals surface area contributed by atoms with Crippen LogP contribution in [0.2, 0.25) is 5.02 Å². The Hall–Kier alpha value is -2.71. The van der Waals surface area contributed by atoms with Crippen LogP contribution in [0.15, 0.2) is 53.4 Å². The zero-order valence-corrected chi connectivity index (χ0v) is 23.2. The summed E-state index contributed by atoms with van der Waals surface area (Å²) in [7, 11) is 0. The van der Waals surface area contributed by atoms with Crippen molar-refractivity contribution in [1.29, 1.82) is 0 Å². The van der Waals surface area contributed by atoms with E-state index in [9.17, 15) is 22.4 Å². The van der Waals surface area contributed by atoms with Gasteiger partial charge < -0.3 is 4.74 Å². The second-order valence-electron chi connectivity index (χ2n) is 9.83. The second kappa shape index (κ2) is 10.8. The van der Waals surface area contributed by atoms with Crippen molar-refractivity contribution in [3.05, 3.63) is 87.2 Å². The van der Waals surface area contributed by atoms with Crippen LogP contribution in [-0.2, 0) is 17.5 Å². The van der Waals surface area contributed by atoms with E-state index in [1.54, 1.807) is 26.0 Å². The molecule has 2 atom stereocenters. The van der Waals surface area contributed by atoms with Gasteiger partial charge in [-0.15, -0.1) is 11.8 Å². The van der Waals surface area contributed by atoms with Gasteiger partial charge in [-0.1, -0.05) is 43.1 Å². The first-order valence-electron chi connectivity index (χ1n) is 12.1. The monoisotopic (exact) mass is 565 g/mol. The molecule has 3 nitrogen and oxygen atoms in total. The third kappa shape index (κ3) is 5.66. The highest BCUT2D eigenvalue weighted by Crippen LogP contribution is 2.40. The SMILES string of the molecule is CSc1ccc(-c2cc(C(C)C)c(F)cc2Cl)c(CN2C(=O)O[C@H](c3cc(C)cc(C(F)(F)F)c3)[C@@H]2C)c1. The van der Waals surface area contributed by atoms with Crippen molar-refractivity contribution >= 4 is 29.5 Å². The molecule has 1 saturated heterocycles. The van der Waals surface area contributed by atoms with E-state index in [4.69, 9.17) is 16.3 Å². The summed E-state index contributed by atoms with van der Waals surface area (Å²) < 4.78 is 60.4. The molecule has 3 aromatic carbocycles. The molecule has 0 N–H and O–H groups in total. The van der Waals surface area contributed by atoms with Gasteiger partial charge >= 0.3 is 12.3 Å². The number of carbonyl (C=O) groups excluding carboxylic acids is 1. The van der Waals surface area contributed by atoms with Gasteiger partial charge in [0.2, 0.25) is 0 Å². The predicted octanol–water partition coefficient (Wildman–Crippen LogP) is 9.40. The van der Waals surface area contributed by atoms with Gasteiger partial charge in [0.05, 0.1) is 23.2 Å². The maximum absolute atomic E-state index is 14.6. The maximum Gasteiger partial charge on any atom is 0.416 e. The Balaban J connectivity index is 1.73. The fourth-order valence-corrected chi connectivity index (χ4v) is 5.51. The molecule has 1 fully saturated rings. The quantitative estimate of drug-likeness (QED) is 0.220. The summed E-state index contributed by atoms with van der Waals surface area (Å²) in [5, 5.41) is 0.249. The number of carbonyl (C=O) groups is 1. The van der Waals surface area contributed by atoms with Gasteiger partial charge in [0.25, 0.3) is 0 Å². The summed E-state index contributed by atoms with van der Waals surface area (Å²) in [6.07, 6.45) is -4.06. The van der Waals surface area contributed by atoms with Gasteiger partial charge in [-0.2, -0.15) is 13.2 Å². The molecule has 202 valence electrons. The molecule has 0 radical (unpaired) electrons. The standard InChI is InChI=1S/C29H28ClF4NO2S/c1-15(2)23-12-24(25(30)13-26(23)31)22-7-6-21(38-5)11-19(22)14-35-17(4)27(37-28(35)36)18-8-16(3)9-20(10-18)29(32,33)34/h6-13,15,17,27H,14H2,1-5H3/t17-,27-/m0/s1. The van der Waals surface area contributed by atoms with E-state index in [0.717, 1.165) is 28.2 Å². The van der Waals surface area contributed by atoms with Crippen molar-refractivity contribution in [1.82, 2.24) is 4.90 Å². The lowest BCUT2D eigenvalue weighted by Crippen LogP contribution is -2.31. The number of amides is 1. The zero-order chi connectivity index (χ0) is 27.9. The minimum Gasteiger partial charge on any atom is -0.439 e. The summed E-state index contributed by atoms with van der Waals surface area (Å²) in [4.78, 5) is 15.5. The third-order valence-corrected chi connectivity index (χ3v) is 7.84. The van der Waals surface area contributed by atoms with Crippen molar-refractivity contribution in [2.24, 2.45) is 0 Å². The molecule has 4 rings (SSSR count). The first-order chi connectivity index (χ1) is 17.8. The summed E-state index contributed by atoms with van der Waals surface area (Å²) >= 11 is 8.02. The van der Waals surface area contributed by atoms with Gasteiger partial charge in [0.15, 0.2) is 0 Å². The lowest BCUT2D eigenvalue weighted by molar-refractivity contribution is -0.137. The first kappa shape index (κ1) is 28.3. The molecule has 0 unspecified atom stereocenters. The highest BCUT2D eigenvalue weighted by molar-refractivity contribution is 7.98. The third-order valence-electron chi connectivity index (χ3n) is 6.80. The second-order valence-corrected chi connectivity index (χ2v) is 11.1. The average Bonchev–Trinajstić information content (AvgIpc) is 3.11. The molecular weight excluding hydrogens is 538 g/mol. The highest BCUT2D eigenvalue weighted by Gasteiger charge is 2.41. The molecule has 1 heterocycles. The van der Waals surface area contributed by atoms with Gasteiger partial charge in [-0.05, 0) is 84.7 Å². The van der Waals surface area contributed by atoms with E-state index in [-0.39, 0.29) is 23.3 Å². The molecule has 0 saturated carbocycles. The van der Waals surface area contributed by atoms with Crippen molar-refractivity contribution < 1.29 is 27.1 Å². The van der Waals surface area contributed by atoms with Crippen molar-refractivity contribution in [3.63, 3.8) is 0 Å². The first-order valence-corrected chi connectivity index (χ1v) is 13.7. The molecule has 3 aromatic rings. The van der Waals surface area contributed by atoms with Gasteiger partial charge in [0.1, 0.15) is 11.9 Å². The highest BCUT2D eigenvalue weighted by atomic mass is 35.5. The number of hydrogen-bond acceptors (Lipinski definition) is 3. The van der Waals surface area contributed by atoms with E-state index >= 15 is 0 Å². The number of cyclic esters (lactones) is 1. The number of halogens is 5. The van der Waals surface area contributed by atoms with Crippen LogP contribution in [0.1, 0.15) is 60.6 Å². The molecule has 1 aliphatic rings. The van der Waals surface area contributed by atoms with Crippen LogP contribution >= 0.6 is 23.4 Å². The summed E-state index contributed by atoms with van der Waals surface area (Å²) in [5.74, 6) is -0.447. The number of hydrogen-bond donors (Lipinski definition) is 0. The number of nitrogens with zero attached hydrogens (tertiary/aromatic N) is 1. The summed E-state index contributed by atoms with van der Waals surface area (Å²) in [5.41, 5.74) is 2.62. The minimum atomic E-state index is -4.51. The minimum absolute atomic E-state index is 0.0646. The van der Waals surface area contributed by atoms with E-state index in [1.807, 2.05) is 38.3 Å². The molecule has 0 aromatic heterocycles. The van der Waals surface area contributed by atoms with E-state index in [2.05, 4.69) is 0 Å². The lowest BCUT2D eigenvalue weighted by atomic mass is 9.93. The van der Waals surface area contributed by atoms with Gasteiger partial charge in [-0.3, -0.25) is 4.90 Å². The molecule has 0 spiro atoms. The molecule has 1 aliphatic heterocycles. The molecule has 38 heavy (non-hydrogen) atoms. The zero-order valence-electron chi connectivity index (χ0n) is 21.6. The van der Waals surface area contributed by atoms with Crippen LogP contribution in [0.4, 0.5) is 22.4 Å². The number of ether oxygens (including phenoxy) is 1. The number of benzene rings is 3. The van der Waals surface area contributed by atoms with E-state index < -0.39 is 30.0 Å². The average molecular weight is 566 g/mol. The Bertz CT molecular complexity index is 1380. The number of thioether (sulfide) groups is 1. The fourth-order valence-electron chi connectivity index (χ4n) is 4.79. The number of aryl methyl sites for hydroxylation is 1. The van der Waals surface area contributed by atoms with Crippen molar-refractivity contribution in [2.75, 3.05) is 6.26 Å². The molecule has 0 aliphatic carbocycles. The molecule has 0 bridgehead atoms. The maximum atomic E-state index is 14.6. The Labute approximate surface area is 229 Å². The van der Waals surface area contributed by atoms with Crippen LogP contribution in [0.3, 0.4) is 0 Å². The van der Waals surface area contributed by atoms with Crippen LogP contribution < -0.4 is 0 Å². The Morgan fingerprint density at radius 2 is 1.79 bits per heavy atom. The van der Waals surface area contributed by atoms with Crippen LogP contribution in [-0.4, -0.2) is 23.3 Å². The van der Waals surface area contributed by atoms with Crippen LogP contribution in [0.25, 0.3) is 11.1 Å². The van der Waals surface area contributed by atoms with Crippen LogP contribution in [0.5, 0.6) is 0 Å². The van der Waals surface area contributed by atoms with Crippen LogP contribution in [0, 0.1) is 12.7 Å².